The minimum atomic E-state index is -1.02. The third kappa shape index (κ3) is 2.57. The first-order chi connectivity index (χ1) is 14.5. The van der Waals surface area contributed by atoms with Gasteiger partial charge in [0.1, 0.15) is 17.9 Å². The molecule has 1 aliphatic carbocycles. The second-order valence-electron chi connectivity index (χ2n) is 9.12. The molecule has 2 saturated heterocycles. The summed E-state index contributed by atoms with van der Waals surface area (Å²) >= 11 is 1.74. The number of aryl methyl sites for hydroxylation is 1. The van der Waals surface area contributed by atoms with Crippen LogP contribution in [0.15, 0.2) is 18.2 Å². The predicted octanol–water partition coefficient (Wildman–Crippen LogP) is 1.64. The molecule has 3 heterocycles. The second-order valence-corrected chi connectivity index (χ2v) is 10.1. The highest BCUT2D eigenvalue weighted by Crippen LogP contribution is 2.51. The van der Waals surface area contributed by atoms with Gasteiger partial charge in [-0.05, 0) is 36.8 Å². The van der Waals surface area contributed by atoms with Crippen LogP contribution >= 0.6 is 11.8 Å². The highest BCUT2D eigenvalue weighted by molar-refractivity contribution is 7.98. The monoisotopic (exact) mass is 428 g/mol. The summed E-state index contributed by atoms with van der Waals surface area (Å²) in [7, 11) is 0. The van der Waals surface area contributed by atoms with E-state index < -0.39 is 17.4 Å². The van der Waals surface area contributed by atoms with Crippen LogP contribution in [0.3, 0.4) is 0 Å². The number of rotatable bonds is 5. The second kappa shape index (κ2) is 7.38. The quantitative estimate of drug-likeness (QED) is 0.699. The molecular formula is C23H30N3O3S+. The maximum absolute atomic E-state index is 13.8. The minimum absolute atomic E-state index is 0.0137. The maximum atomic E-state index is 13.8. The molecule has 1 aromatic rings. The summed E-state index contributed by atoms with van der Waals surface area (Å²) in [5.41, 5.74) is 1.81. The molecule has 3 aliphatic heterocycles. The molecule has 6 nitrogen and oxygen atoms in total. The highest BCUT2D eigenvalue weighted by atomic mass is 32.2. The number of quaternary nitrogens is 1. The number of anilines is 1. The molecule has 4 atom stereocenters. The van der Waals surface area contributed by atoms with Gasteiger partial charge < -0.3 is 10.6 Å². The molecular weight excluding hydrogens is 398 g/mol. The third-order valence-electron chi connectivity index (χ3n) is 7.75. The molecule has 0 bridgehead atoms. The first-order valence-electron chi connectivity index (χ1n) is 11.2. The fourth-order valence-electron chi connectivity index (χ4n) is 6.41. The number of para-hydroxylation sites is 1. The topological polar surface area (TPSA) is 83.1 Å². The molecule has 4 aliphatic rings. The van der Waals surface area contributed by atoms with Crippen molar-refractivity contribution in [1.82, 2.24) is 4.90 Å². The van der Waals surface area contributed by atoms with Gasteiger partial charge in [0.15, 0.2) is 0 Å². The lowest BCUT2D eigenvalue weighted by Gasteiger charge is -2.28. The van der Waals surface area contributed by atoms with Crippen LogP contribution in [-0.4, -0.2) is 46.7 Å². The van der Waals surface area contributed by atoms with E-state index >= 15 is 0 Å². The van der Waals surface area contributed by atoms with Crippen molar-refractivity contribution in [2.45, 2.75) is 63.1 Å². The van der Waals surface area contributed by atoms with E-state index in [0.717, 1.165) is 61.1 Å². The number of carbonyl (C=O) groups is 3. The number of fused-ring (bicyclic) bond motifs is 4. The molecule has 0 unspecified atom stereocenters. The maximum Gasteiger partial charge on any atom is 0.291 e. The number of amides is 3. The Balaban J connectivity index is 1.63. The fourth-order valence-corrected chi connectivity index (χ4v) is 6.92. The first-order valence-corrected chi connectivity index (χ1v) is 12.6. The number of carbonyl (C=O) groups excluding carboxylic acids is 3. The number of hydrogen-bond donors (Lipinski definition) is 2. The van der Waals surface area contributed by atoms with Crippen molar-refractivity contribution in [3.8, 4) is 0 Å². The molecule has 1 aromatic carbocycles. The summed E-state index contributed by atoms with van der Waals surface area (Å²) in [6.07, 6.45) is 7.60. The van der Waals surface area contributed by atoms with Crippen molar-refractivity contribution in [3.63, 3.8) is 0 Å². The summed E-state index contributed by atoms with van der Waals surface area (Å²) in [6, 6.07) is 5.95. The van der Waals surface area contributed by atoms with Crippen LogP contribution in [0.4, 0.5) is 5.69 Å². The summed E-state index contributed by atoms with van der Waals surface area (Å²) in [4.78, 5) is 42.5. The van der Waals surface area contributed by atoms with E-state index in [0.29, 0.717) is 0 Å². The van der Waals surface area contributed by atoms with Gasteiger partial charge in [-0.1, -0.05) is 38.0 Å². The summed E-state index contributed by atoms with van der Waals surface area (Å²) < 4.78 is 0. The molecule has 3 amide bonds. The van der Waals surface area contributed by atoms with Crippen LogP contribution in [0.2, 0.25) is 0 Å². The van der Waals surface area contributed by atoms with Gasteiger partial charge in [-0.2, -0.15) is 11.8 Å². The third-order valence-corrected chi connectivity index (χ3v) is 8.39. The van der Waals surface area contributed by atoms with Crippen molar-refractivity contribution < 1.29 is 19.7 Å². The van der Waals surface area contributed by atoms with E-state index in [9.17, 15) is 14.4 Å². The van der Waals surface area contributed by atoms with Crippen LogP contribution in [-0.2, 0) is 26.3 Å². The average molecular weight is 429 g/mol. The number of nitrogens with one attached hydrogen (secondary N) is 1. The van der Waals surface area contributed by atoms with E-state index in [1.54, 1.807) is 16.7 Å². The standard InChI is InChI=1S/C23H29N3O3S/c1-3-13-7-6-10-15-19(13)24-22(29)23(15)18-17(16(25-23)11-12-30-2)20(27)26(21(18)28)14-8-4-5-9-14/h6-7,10,14,16-18,25H,3-5,8-9,11-12H2,1-2H3,(H,24,29)/p+1/t16-,17-,18+,23-/m1/s1. The minimum Gasteiger partial charge on any atom is -0.326 e. The largest absolute Gasteiger partial charge is 0.326 e. The van der Waals surface area contributed by atoms with Crippen LogP contribution in [0, 0.1) is 11.8 Å². The Morgan fingerprint density at radius 2 is 1.97 bits per heavy atom. The van der Waals surface area contributed by atoms with Crippen LogP contribution < -0.4 is 10.6 Å². The number of thioether (sulfide) groups is 1. The zero-order chi connectivity index (χ0) is 21.0. The number of nitrogens with two attached hydrogens (primary N) is 1. The Morgan fingerprint density at radius 1 is 1.20 bits per heavy atom. The number of hydrogen-bond acceptors (Lipinski definition) is 4. The lowest BCUT2D eigenvalue weighted by atomic mass is 9.76. The van der Waals surface area contributed by atoms with Crippen molar-refractivity contribution in [2.75, 3.05) is 17.3 Å². The van der Waals surface area contributed by atoms with Crippen LogP contribution in [0.1, 0.15) is 50.2 Å². The van der Waals surface area contributed by atoms with Crippen molar-refractivity contribution in [1.29, 1.82) is 0 Å². The molecule has 0 radical (unpaired) electrons. The van der Waals surface area contributed by atoms with Gasteiger partial charge in [0.2, 0.25) is 17.4 Å². The Labute approximate surface area is 181 Å². The first kappa shape index (κ1) is 20.1. The molecule has 5 rings (SSSR count). The molecule has 7 heteroatoms. The van der Waals surface area contributed by atoms with Crippen LogP contribution in [0.5, 0.6) is 0 Å². The van der Waals surface area contributed by atoms with E-state index in [1.165, 1.54) is 0 Å². The SMILES string of the molecule is CCc1cccc2c1NC(=O)[C@@]21[NH2+][C@H](CCSC)[C@H]2C(=O)N(C3CCCC3)C(=O)[C@H]21. The predicted molar refractivity (Wildman–Crippen MR) is 116 cm³/mol. The van der Waals surface area contributed by atoms with Crippen molar-refractivity contribution in [3.05, 3.63) is 29.3 Å². The van der Waals surface area contributed by atoms with Gasteiger partial charge in [-0.3, -0.25) is 19.3 Å². The highest BCUT2D eigenvalue weighted by Gasteiger charge is 2.74. The Morgan fingerprint density at radius 3 is 2.67 bits per heavy atom. The van der Waals surface area contributed by atoms with E-state index in [1.807, 2.05) is 18.2 Å². The number of likely N-dealkylation sites (tertiary alicyclic amines) is 1. The van der Waals surface area contributed by atoms with Gasteiger partial charge in [-0.15, -0.1) is 0 Å². The average Bonchev–Trinajstić information content (AvgIpc) is 3.48. The zero-order valence-corrected chi connectivity index (χ0v) is 18.5. The van der Waals surface area contributed by atoms with E-state index in [2.05, 4.69) is 23.8 Å². The van der Waals surface area contributed by atoms with Crippen molar-refractivity contribution >= 4 is 35.2 Å². The molecule has 1 spiro atoms. The summed E-state index contributed by atoms with van der Waals surface area (Å²) in [6.45, 7) is 2.07. The molecule has 30 heavy (non-hydrogen) atoms. The summed E-state index contributed by atoms with van der Waals surface area (Å²) in [5.74, 6) is -0.393. The van der Waals surface area contributed by atoms with Gasteiger partial charge in [-0.25, -0.2) is 0 Å². The zero-order valence-electron chi connectivity index (χ0n) is 17.6. The van der Waals surface area contributed by atoms with E-state index in [-0.39, 0.29) is 29.8 Å². The number of benzene rings is 1. The molecule has 1 saturated carbocycles. The fraction of sp³-hybridized carbons (Fsp3) is 0.609. The Bertz CT molecular complexity index is 913. The Hall–Kier alpha value is -1.86. The smallest absolute Gasteiger partial charge is 0.291 e. The van der Waals surface area contributed by atoms with Crippen molar-refractivity contribution in [2.24, 2.45) is 11.8 Å². The Kier molecular flexibility index (Phi) is 4.93. The van der Waals surface area contributed by atoms with E-state index in [4.69, 9.17) is 0 Å². The lowest BCUT2D eigenvalue weighted by molar-refractivity contribution is -0.733. The van der Waals surface area contributed by atoms with Gasteiger partial charge >= 0.3 is 0 Å². The van der Waals surface area contributed by atoms with Gasteiger partial charge in [0.25, 0.3) is 5.91 Å². The molecule has 3 fully saturated rings. The normalized spacial score (nSPS) is 32.9. The number of nitrogens with zero attached hydrogens (tertiary/aromatic N) is 1. The molecule has 160 valence electrons. The molecule has 3 N–H and O–H groups in total. The number of imide groups is 1. The van der Waals surface area contributed by atoms with Gasteiger partial charge in [0, 0.05) is 18.0 Å². The molecule has 0 aromatic heterocycles. The lowest BCUT2D eigenvalue weighted by Crippen LogP contribution is -2.99. The summed E-state index contributed by atoms with van der Waals surface area (Å²) in [5, 5.41) is 5.17. The van der Waals surface area contributed by atoms with Crippen LogP contribution in [0.25, 0.3) is 0 Å². The van der Waals surface area contributed by atoms with Gasteiger partial charge in [0.05, 0.1) is 5.69 Å².